The standard InChI is InChI=1S/C38H42Cl2N2O8/c1-23-27(21-49-35-11-9-25(13-33(35)39)17-41-19-29(43)15-37(45)46)5-3-7-31(23)32-8-4-6-28(24(32)2)22-50-36-12-10-26(14-34(36)40)18-42-20-30(44)16-38(47)48/h3-14,29-30,41-44H,15-22H2,1-2H3,(H,45,46)(H,47,48)/t29-,30-/m0/s1. The monoisotopic (exact) mass is 724 g/mol. The number of aliphatic hydroxyl groups excluding tert-OH is 2. The Hall–Kier alpha value is -4.16. The normalized spacial score (nSPS) is 12.4. The van der Waals surface area contributed by atoms with Crippen LogP contribution < -0.4 is 20.1 Å². The zero-order valence-electron chi connectivity index (χ0n) is 27.9. The van der Waals surface area contributed by atoms with Crippen LogP contribution in [0, 0.1) is 13.8 Å². The van der Waals surface area contributed by atoms with Crippen molar-refractivity contribution in [3.63, 3.8) is 0 Å². The number of rotatable bonds is 19. The Bertz CT molecular complexity index is 1660. The smallest absolute Gasteiger partial charge is 0.306 e. The topological polar surface area (TPSA) is 158 Å². The van der Waals surface area contributed by atoms with E-state index in [4.69, 9.17) is 42.9 Å². The number of carboxylic acid groups (broad SMARTS) is 2. The fourth-order valence-corrected chi connectivity index (χ4v) is 5.95. The Labute approximate surface area is 301 Å². The van der Waals surface area contributed by atoms with Crippen molar-refractivity contribution in [1.29, 1.82) is 0 Å². The van der Waals surface area contributed by atoms with E-state index in [1.807, 2.05) is 36.4 Å². The molecule has 0 fully saturated rings. The summed E-state index contributed by atoms with van der Waals surface area (Å²) in [5.74, 6) is -1.02. The number of carbonyl (C=O) groups is 2. The van der Waals surface area contributed by atoms with Gasteiger partial charge in [-0.2, -0.15) is 0 Å². The van der Waals surface area contributed by atoms with Crippen LogP contribution in [0.3, 0.4) is 0 Å². The van der Waals surface area contributed by atoms with Gasteiger partial charge in [-0.25, -0.2) is 0 Å². The van der Waals surface area contributed by atoms with E-state index in [0.717, 1.165) is 44.5 Å². The lowest BCUT2D eigenvalue weighted by Gasteiger charge is -2.17. The lowest BCUT2D eigenvalue weighted by Crippen LogP contribution is -2.28. The summed E-state index contributed by atoms with van der Waals surface area (Å²) in [6, 6.07) is 23.1. The third-order valence-electron chi connectivity index (χ3n) is 8.18. The van der Waals surface area contributed by atoms with Crippen LogP contribution in [0.25, 0.3) is 11.1 Å². The zero-order valence-corrected chi connectivity index (χ0v) is 29.4. The second kappa shape index (κ2) is 18.7. The van der Waals surface area contributed by atoms with E-state index in [1.165, 1.54) is 0 Å². The molecular weight excluding hydrogens is 683 g/mol. The van der Waals surface area contributed by atoms with Crippen LogP contribution in [0.2, 0.25) is 10.0 Å². The molecule has 0 spiro atoms. The summed E-state index contributed by atoms with van der Waals surface area (Å²) in [5.41, 5.74) is 8.08. The average Bonchev–Trinajstić information content (AvgIpc) is 3.04. The molecule has 0 bridgehead atoms. The first-order valence-electron chi connectivity index (χ1n) is 16.1. The first kappa shape index (κ1) is 38.6. The predicted octanol–water partition coefficient (Wildman–Crippen LogP) is 6.29. The molecule has 0 saturated carbocycles. The molecule has 12 heteroatoms. The molecular formula is C38H42Cl2N2O8. The Morgan fingerprint density at radius 1 is 0.660 bits per heavy atom. The molecule has 4 rings (SSSR count). The van der Waals surface area contributed by atoms with E-state index in [-0.39, 0.29) is 25.9 Å². The van der Waals surface area contributed by atoms with Gasteiger partial charge in [0.05, 0.1) is 35.1 Å². The molecule has 4 aromatic carbocycles. The lowest BCUT2D eigenvalue weighted by atomic mass is 9.92. The highest BCUT2D eigenvalue weighted by atomic mass is 35.5. The van der Waals surface area contributed by atoms with Crippen molar-refractivity contribution in [1.82, 2.24) is 10.6 Å². The van der Waals surface area contributed by atoms with E-state index in [9.17, 15) is 19.8 Å². The van der Waals surface area contributed by atoms with E-state index in [2.05, 4.69) is 36.6 Å². The number of hydrogen-bond acceptors (Lipinski definition) is 8. The highest BCUT2D eigenvalue weighted by Gasteiger charge is 2.14. The largest absolute Gasteiger partial charge is 0.487 e. The van der Waals surface area contributed by atoms with Gasteiger partial charge in [-0.15, -0.1) is 0 Å². The van der Waals surface area contributed by atoms with Crippen LogP contribution in [-0.4, -0.2) is 57.7 Å². The van der Waals surface area contributed by atoms with Crippen LogP contribution in [0.4, 0.5) is 0 Å². The van der Waals surface area contributed by atoms with Crippen molar-refractivity contribution in [2.24, 2.45) is 0 Å². The molecule has 50 heavy (non-hydrogen) atoms. The molecule has 0 amide bonds. The van der Waals surface area contributed by atoms with Crippen LogP contribution in [0.1, 0.15) is 46.2 Å². The molecule has 0 radical (unpaired) electrons. The highest BCUT2D eigenvalue weighted by molar-refractivity contribution is 6.32. The minimum Gasteiger partial charge on any atom is -0.487 e. The summed E-state index contributed by atoms with van der Waals surface area (Å²) in [6.45, 7) is 5.90. The molecule has 4 aromatic rings. The van der Waals surface area contributed by atoms with Gasteiger partial charge in [0.15, 0.2) is 0 Å². The second-order valence-corrected chi connectivity index (χ2v) is 12.9. The van der Waals surface area contributed by atoms with E-state index >= 15 is 0 Å². The minimum atomic E-state index is -1.05. The third-order valence-corrected chi connectivity index (χ3v) is 8.77. The van der Waals surface area contributed by atoms with Crippen molar-refractivity contribution in [3.8, 4) is 22.6 Å². The van der Waals surface area contributed by atoms with E-state index < -0.39 is 24.1 Å². The van der Waals surface area contributed by atoms with Crippen molar-refractivity contribution in [3.05, 3.63) is 116 Å². The quantitative estimate of drug-likeness (QED) is 0.0650. The molecule has 0 aliphatic rings. The molecule has 0 aliphatic heterocycles. The lowest BCUT2D eigenvalue weighted by molar-refractivity contribution is -0.140. The third kappa shape index (κ3) is 11.4. The van der Waals surface area contributed by atoms with Crippen LogP contribution in [0.15, 0.2) is 72.8 Å². The number of halogens is 2. The summed E-state index contributed by atoms with van der Waals surface area (Å²) >= 11 is 13.0. The highest BCUT2D eigenvalue weighted by Crippen LogP contribution is 2.33. The molecule has 0 aliphatic carbocycles. The fraction of sp³-hybridized carbons (Fsp3) is 0.316. The van der Waals surface area contributed by atoms with Gasteiger partial charge in [0.1, 0.15) is 24.7 Å². The molecule has 0 unspecified atom stereocenters. The molecule has 0 heterocycles. The van der Waals surface area contributed by atoms with Crippen LogP contribution >= 0.6 is 23.2 Å². The van der Waals surface area contributed by atoms with E-state index in [0.29, 0.717) is 47.8 Å². The van der Waals surface area contributed by atoms with Crippen molar-refractivity contribution in [2.45, 2.75) is 65.2 Å². The van der Waals surface area contributed by atoms with Gasteiger partial charge >= 0.3 is 11.9 Å². The molecule has 10 nitrogen and oxygen atoms in total. The van der Waals surface area contributed by atoms with Gasteiger partial charge in [-0.1, -0.05) is 71.7 Å². The Kier molecular flexibility index (Phi) is 14.5. The Balaban J connectivity index is 1.36. The summed E-state index contributed by atoms with van der Waals surface area (Å²) < 4.78 is 12.2. The number of aliphatic carboxylic acids is 2. The van der Waals surface area contributed by atoms with Crippen molar-refractivity contribution >= 4 is 35.1 Å². The fourth-order valence-electron chi connectivity index (χ4n) is 5.43. The van der Waals surface area contributed by atoms with Gasteiger partial charge in [-0.3, -0.25) is 9.59 Å². The van der Waals surface area contributed by atoms with Crippen molar-refractivity contribution < 1.29 is 39.5 Å². The van der Waals surface area contributed by atoms with E-state index in [1.54, 1.807) is 24.3 Å². The number of aliphatic hydroxyl groups is 2. The number of hydrogen-bond donors (Lipinski definition) is 6. The average molecular weight is 726 g/mol. The summed E-state index contributed by atoms with van der Waals surface area (Å²) in [6.07, 6.45) is -2.57. The molecule has 2 atom stereocenters. The number of carboxylic acids is 2. The van der Waals surface area contributed by atoms with Crippen LogP contribution in [0.5, 0.6) is 11.5 Å². The maximum atomic E-state index is 10.7. The summed E-state index contributed by atoms with van der Waals surface area (Å²) in [7, 11) is 0. The van der Waals surface area contributed by atoms with Crippen molar-refractivity contribution in [2.75, 3.05) is 13.1 Å². The molecule has 6 N–H and O–H groups in total. The molecule has 0 aromatic heterocycles. The summed E-state index contributed by atoms with van der Waals surface area (Å²) in [5, 5.41) is 44.0. The number of benzene rings is 4. The summed E-state index contributed by atoms with van der Waals surface area (Å²) in [4.78, 5) is 21.4. The zero-order chi connectivity index (χ0) is 36.2. The van der Waals surface area contributed by atoms with Gasteiger partial charge < -0.3 is 40.5 Å². The van der Waals surface area contributed by atoms with Gasteiger partial charge in [0.2, 0.25) is 0 Å². The Morgan fingerprint density at radius 2 is 1.06 bits per heavy atom. The molecule has 0 saturated heterocycles. The van der Waals surface area contributed by atoms with Gasteiger partial charge in [-0.05, 0) is 82.6 Å². The number of ether oxygens (including phenoxy) is 2. The number of nitrogens with one attached hydrogen (secondary N) is 2. The second-order valence-electron chi connectivity index (χ2n) is 12.1. The maximum Gasteiger partial charge on any atom is 0.306 e. The SMILES string of the molecule is Cc1c(COc2ccc(CNC[C@@H](O)CC(=O)O)cc2Cl)cccc1-c1cccc(COc2ccc(CNC[C@@H](O)CC(=O)O)cc2Cl)c1C. The van der Waals surface area contributed by atoms with Gasteiger partial charge in [0.25, 0.3) is 0 Å². The van der Waals surface area contributed by atoms with Gasteiger partial charge in [0, 0.05) is 26.2 Å². The minimum absolute atomic E-state index is 0.155. The van der Waals surface area contributed by atoms with Crippen LogP contribution in [-0.2, 0) is 35.9 Å². The predicted molar refractivity (Wildman–Crippen MR) is 193 cm³/mol. The Morgan fingerprint density at radius 3 is 1.42 bits per heavy atom. The first-order valence-corrected chi connectivity index (χ1v) is 16.9. The maximum absolute atomic E-state index is 10.7. The molecule has 266 valence electrons. The first-order chi connectivity index (χ1) is 23.9.